The second-order valence-electron chi connectivity index (χ2n) is 6.80. The van der Waals surface area contributed by atoms with Gasteiger partial charge in [-0.15, -0.1) is 0 Å². The molecule has 2 N–H and O–H groups in total. The lowest BCUT2D eigenvalue weighted by Gasteiger charge is -2.15. The summed E-state index contributed by atoms with van der Waals surface area (Å²) in [5.41, 5.74) is 10.3. The zero-order valence-corrected chi connectivity index (χ0v) is 16.5. The molecule has 0 radical (unpaired) electrons. The third-order valence-electron chi connectivity index (χ3n) is 5.00. The number of hydrogen-bond acceptors (Lipinski definition) is 2. The smallest absolute Gasteiger partial charge is 0.251 e. The molecular weight excluding hydrogens is 355 g/mol. The standard InChI is InChI=1S/C23H25FN2O2/c1-4-8-19-22(16-10-7-11-18(24)13-16)21(23(25)27)15(2)26(19)14-17-9-5-6-12-20(17)28-3/h5-7,9-13H,4,8,14H2,1-3H3,(H2,25,27). The van der Waals surface area contributed by atoms with E-state index in [0.29, 0.717) is 17.7 Å². The summed E-state index contributed by atoms with van der Waals surface area (Å²) in [5.74, 6) is -0.0654. The Hall–Kier alpha value is -3.08. The van der Waals surface area contributed by atoms with Crippen LogP contribution in [0.1, 0.15) is 40.7 Å². The van der Waals surface area contributed by atoms with E-state index in [1.54, 1.807) is 13.2 Å². The summed E-state index contributed by atoms with van der Waals surface area (Å²) >= 11 is 0. The number of nitrogens with zero attached hydrogens (tertiary/aromatic N) is 1. The molecule has 2 aromatic carbocycles. The molecule has 0 saturated carbocycles. The number of para-hydroxylation sites is 1. The molecule has 0 fully saturated rings. The number of benzene rings is 2. The summed E-state index contributed by atoms with van der Waals surface area (Å²) in [6.45, 7) is 4.51. The largest absolute Gasteiger partial charge is 0.496 e. The molecule has 0 spiro atoms. The van der Waals surface area contributed by atoms with Gasteiger partial charge in [0.25, 0.3) is 5.91 Å². The molecule has 1 aromatic heterocycles. The molecule has 0 saturated heterocycles. The molecule has 1 amide bonds. The molecule has 0 aliphatic heterocycles. The van der Waals surface area contributed by atoms with Crippen molar-refractivity contribution >= 4 is 5.91 Å². The summed E-state index contributed by atoms with van der Waals surface area (Å²) in [6, 6.07) is 14.1. The normalized spacial score (nSPS) is 10.9. The Bertz CT molecular complexity index is 1010. The Labute approximate surface area is 164 Å². The van der Waals surface area contributed by atoms with Crippen LogP contribution in [0, 0.1) is 12.7 Å². The van der Waals surface area contributed by atoms with Crippen LogP contribution in [0.15, 0.2) is 48.5 Å². The second kappa shape index (κ2) is 8.30. The zero-order valence-electron chi connectivity index (χ0n) is 16.5. The van der Waals surface area contributed by atoms with Gasteiger partial charge in [0.2, 0.25) is 0 Å². The van der Waals surface area contributed by atoms with Crippen LogP contribution in [-0.2, 0) is 13.0 Å². The average molecular weight is 380 g/mol. The fourth-order valence-electron chi connectivity index (χ4n) is 3.77. The van der Waals surface area contributed by atoms with Crippen molar-refractivity contribution in [1.29, 1.82) is 0 Å². The van der Waals surface area contributed by atoms with E-state index in [1.165, 1.54) is 12.1 Å². The summed E-state index contributed by atoms with van der Waals surface area (Å²) in [7, 11) is 1.64. The van der Waals surface area contributed by atoms with Gasteiger partial charge in [-0.05, 0) is 37.1 Å². The lowest BCUT2D eigenvalue weighted by Crippen LogP contribution is -2.14. The number of hydrogen-bond donors (Lipinski definition) is 1. The van der Waals surface area contributed by atoms with Crippen LogP contribution >= 0.6 is 0 Å². The molecule has 0 atom stereocenters. The summed E-state index contributed by atoms with van der Waals surface area (Å²) < 4.78 is 21.5. The van der Waals surface area contributed by atoms with Crippen molar-refractivity contribution in [2.75, 3.05) is 7.11 Å². The maximum absolute atomic E-state index is 13.9. The quantitative estimate of drug-likeness (QED) is 0.645. The van der Waals surface area contributed by atoms with E-state index in [2.05, 4.69) is 11.5 Å². The number of carbonyl (C=O) groups is 1. The maximum Gasteiger partial charge on any atom is 0.251 e. The van der Waals surface area contributed by atoms with Gasteiger partial charge in [-0.2, -0.15) is 0 Å². The third-order valence-corrected chi connectivity index (χ3v) is 5.00. The van der Waals surface area contributed by atoms with Crippen LogP contribution in [0.5, 0.6) is 5.75 Å². The van der Waals surface area contributed by atoms with Gasteiger partial charge >= 0.3 is 0 Å². The fraction of sp³-hybridized carbons (Fsp3) is 0.261. The van der Waals surface area contributed by atoms with E-state index in [9.17, 15) is 9.18 Å². The van der Waals surface area contributed by atoms with E-state index >= 15 is 0 Å². The fourth-order valence-corrected chi connectivity index (χ4v) is 3.77. The lowest BCUT2D eigenvalue weighted by atomic mass is 9.98. The van der Waals surface area contributed by atoms with E-state index < -0.39 is 5.91 Å². The van der Waals surface area contributed by atoms with Gasteiger partial charge in [-0.25, -0.2) is 4.39 Å². The van der Waals surface area contributed by atoms with Crippen molar-refractivity contribution < 1.29 is 13.9 Å². The number of nitrogens with two attached hydrogens (primary N) is 1. The number of primary amides is 1. The summed E-state index contributed by atoms with van der Waals surface area (Å²) in [4.78, 5) is 12.3. The van der Waals surface area contributed by atoms with E-state index in [1.807, 2.05) is 37.3 Å². The first-order valence-electron chi connectivity index (χ1n) is 9.37. The van der Waals surface area contributed by atoms with Gasteiger partial charge in [0.15, 0.2) is 0 Å². The highest BCUT2D eigenvalue weighted by molar-refractivity contribution is 6.02. The zero-order chi connectivity index (χ0) is 20.3. The molecule has 4 nitrogen and oxygen atoms in total. The number of ether oxygens (including phenoxy) is 1. The van der Waals surface area contributed by atoms with Crippen molar-refractivity contribution in [2.45, 2.75) is 33.2 Å². The van der Waals surface area contributed by atoms with E-state index in [-0.39, 0.29) is 5.82 Å². The topological polar surface area (TPSA) is 57.2 Å². The Balaban J connectivity index is 2.25. The Morgan fingerprint density at radius 1 is 1.18 bits per heavy atom. The van der Waals surface area contributed by atoms with Crippen molar-refractivity contribution in [3.63, 3.8) is 0 Å². The van der Waals surface area contributed by atoms with E-state index in [4.69, 9.17) is 10.5 Å². The summed E-state index contributed by atoms with van der Waals surface area (Å²) in [6.07, 6.45) is 1.63. The van der Waals surface area contributed by atoms with Gasteiger partial charge < -0.3 is 15.0 Å². The van der Waals surface area contributed by atoms with Crippen LogP contribution < -0.4 is 10.5 Å². The highest BCUT2D eigenvalue weighted by atomic mass is 19.1. The highest BCUT2D eigenvalue weighted by Gasteiger charge is 2.25. The lowest BCUT2D eigenvalue weighted by molar-refractivity contribution is 0.1000. The molecule has 28 heavy (non-hydrogen) atoms. The van der Waals surface area contributed by atoms with Crippen molar-refractivity contribution in [2.24, 2.45) is 5.73 Å². The molecule has 146 valence electrons. The molecular formula is C23H25FN2O2. The number of halogens is 1. The molecule has 0 unspecified atom stereocenters. The number of methoxy groups -OCH3 is 1. The van der Waals surface area contributed by atoms with Gasteiger partial charge in [0.05, 0.1) is 19.2 Å². The van der Waals surface area contributed by atoms with Crippen LogP contribution in [0.4, 0.5) is 4.39 Å². The third kappa shape index (κ3) is 3.65. The first-order valence-corrected chi connectivity index (χ1v) is 9.37. The Morgan fingerprint density at radius 3 is 2.57 bits per heavy atom. The monoisotopic (exact) mass is 380 g/mol. The van der Waals surface area contributed by atoms with Crippen LogP contribution in [0.25, 0.3) is 11.1 Å². The minimum atomic E-state index is -0.507. The van der Waals surface area contributed by atoms with Crippen molar-refractivity contribution in [3.05, 3.63) is 76.9 Å². The minimum absolute atomic E-state index is 0.342. The second-order valence-corrected chi connectivity index (χ2v) is 6.80. The number of rotatable bonds is 7. The van der Waals surface area contributed by atoms with Gasteiger partial charge in [0.1, 0.15) is 11.6 Å². The molecule has 5 heteroatoms. The summed E-state index contributed by atoms with van der Waals surface area (Å²) in [5, 5.41) is 0. The number of carbonyl (C=O) groups excluding carboxylic acids is 1. The van der Waals surface area contributed by atoms with Crippen molar-refractivity contribution in [1.82, 2.24) is 4.57 Å². The van der Waals surface area contributed by atoms with Crippen LogP contribution in [0.2, 0.25) is 0 Å². The van der Waals surface area contributed by atoms with Gasteiger partial charge in [-0.3, -0.25) is 4.79 Å². The predicted octanol–water partition coefficient (Wildman–Crippen LogP) is 4.71. The van der Waals surface area contributed by atoms with Crippen LogP contribution in [-0.4, -0.2) is 17.6 Å². The maximum atomic E-state index is 13.9. The molecule has 0 aliphatic rings. The Kier molecular flexibility index (Phi) is 5.83. The van der Waals surface area contributed by atoms with E-state index in [0.717, 1.165) is 41.1 Å². The van der Waals surface area contributed by atoms with Gasteiger partial charge in [0, 0.05) is 22.5 Å². The Morgan fingerprint density at radius 2 is 1.93 bits per heavy atom. The van der Waals surface area contributed by atoms with Crippen molar-refractivity contribution in [3.8, 4) is 16.9 Å². The first kappa shape index (κ1) is 19.7. The first-order chi connectivity index (χ1) is 13.5. The van der Waals surface area contributed by atoms with Gasteiger partial charge in [-0.1, -0.05) is 43.7 Å². The molecule has 1 heterocycles. The van der Waals surface area contributed by atoms with Crippen LogP contribution in [0.3, 0.4) is 0 Å². The average Bonchev–Trinajstić information content (AvgIpc) is 2.95. The molecule has 3 aromatic rings. The number of amides is 1. The minimum Gasteiger partial charge on any atom is -0.496 e. The molecule has 0 aliphatic carbocycles. The predicted molar refractivity (Wildman–Crippen MR) is 109 cm³/mol. The molecule has 3 rings (SSSR count). The highest BCUT2D eigenvalue weighted by Crippen LogP contribution is 2.35. The molecule has 0 bridgehead atoms. The number of aromatic nitrogens is 1. The SMILES string of the molecule is CCCc1c(-c2cccc(F)c2)c(C(N)=O)c(C)n1Cc1ccccc1OC.